The van der Waals surface area contributed by atoms with Crippen molar-refractivity contribution in [2.45, 2.75) is 65.3 Å². The number of carbonyl (C=O) groups is 1. The van der Waals surface area contributed by atoms with Crippen molar-refractivity contribution in [1.29, 1.82) is 0 Å². The van der Waals surface area contributed by atoms with Crippen LogP contribution in [0.2, 0.25) is 0 Å². The van der Waals surface area contributed by atoms with Crippen LogP contribution in [0.1, 0.15) is 68.6 Å². The molecule has 0 saturated heterocycles. The molecule has 168 valence electrons. The number of ether oxygens (including phenoxy) is 1. The molecule has 3 aromatic rings. The molecule has 4 heteroatoms. The number of hydrogen-bond acceptors (Lipinski definition) is 4. The van der Waals surface area contributed by atoms with Gasteiger partial charge in [-0.15, -0.1) is 0 Å². The smallest absolute Gasteiger partial charge is 0.308 e. The van der Waals surface area contributed by atoms with Crippen molar-refractivity contribution in [2.75, 3.05) is 0 Å². The molecule has 2 unspecified atom stereocenters. The maximum absolute atomic E-state index is 13.0. The molecular weight excluding hydrogens is 396 g/mol. The summed E-state index contributed by atoms with van der Waals surface area (Å²) >= 11 is 0. The Kier molecular flexibility index (Phi) is 7.81. The van der Waals surface area contributed by atoms with Crippen LogP contribution in [0.15, 0.2) is 79.0 Å². The van der Waals surface area contributed by atoms with Gasteiger partial charge in [0.2, 0.25) is 0 Å². The summed E-state index contributed by atoms with van der Waals surface area (Å²) < 4.78 is 5.71. The second-order valence-electron chi connectivity index (χ2n) is 9.28. The number of nitrogens with zero attached hydrogens (tertiary/aromatic N) is 2. The minimum Gasteiger partial charge on any atom is -0.460 e. The molecule has 0 N–H and O–H groups in total. The first-order valence-corrected chi connectivity index (χ1v) is 11.2. The third kappa shape index (κ3) is 6.76. The van der Waals surface area contributed by atoms with E-state index < -0.39 is 5.60 Å². The molecule has 2 atom stereocenters. The van der Waals surface area contributed by atoms with Crippen molar-refractivity contribution >= 4 is 5.97 Å². The lowest BCUT2D eigenvalue weighted by molar-refractivity contribution is -0.156. The molecular formula is C28H34N2O2. The quantitative estimate of drug-likeness (QED) is 0.386. The molecule has 3 rings (SSSR count). The molecule has 1 aromatic heterocycles. The van der Waals surface area contributed by atoms with E-state index in [2.05, 4.69) is 71.4 Å². The van der Waals surface area contributed by atoms with Crippen molar-refractivity contribution in [3.63, 3.8) is 0 Å². The van der Waals surface area contributed by atoms with Crippen LogP contribution in [0.3, 0.4) is 0 Å². The molecule has 2 aromatic carbocycles. The Morgan fingerprint density at radius 3 is 2.12 bits per heavy atom. The van der Waals surface area contributed by atoms with Gasteiger partial charge in [0, 0.05) is 30.5 Å². The first kappa shape index (κ1) is 23.7. The Bertz CT molecular complexity index is 979. The van der Waals surface area contributed by atoms with Crippen molar-refractivity contribution in [3.05, 3.63) is 101 Å². The molecule has 32 heavy (non-hydrogen) atoms. The lowest BCUT2D eigenvalue weighted by atomic mass is 9.97. The van der Waals surface area contributed by atoms with Crippen LogP contribution >= 0.6 is 0 Å². The molecule has 0 fully saturated rings. The fourth-order valence-corrected chi connectivity index (χ4v) is 3.88. The van der Waals surface area contributed by atoms with E-state index in [0.717, 1.165) is 11.3 Å². The summed E-state index contributed by atoms with van der Waals surface area (Å²) in [5, 5.41) is 0. The average molecular weight is 431 g/mol. The van der Waals surface area contributed by atoms with E-state index in [0.29, 0.717) is 6.54 Å². The molecule has 0 aliphatic carbocycles. The second-order valence-corrected chi connectivity index (χ2v) is 9.28. The Labute approximate surface area is 192 Å². The summed E-state index contributed by atoms with van der Waals surface area (Å²) in [5.41, 5.74) is 3.85. The standard InChI is InChI=1S/C28H34N2O2/c1-21-16-17-25(19-29-21)26(18-27(31)32-28(3,4)5)30(20-23-12-8-6-9-13-23)22(2)24-14-10-7-11-15-24/h6-17,19,22,26H,18,20H2,1-5H3. The average Bonchev–Trinajstić information content (AvgIpc) is 2.76. The van der Waals surface area contributed by atoms with E-state index in [1.54, 1.807) is 0 Å². The van der Waals surface area contributed by atoms with Gasteiger partial charge in [0.15, 0.2) is 0 Å². The first-order valence-electron chi connectivity index (χ1n) is 11.2. The Morgan fingerprint density at radius 1 is 0.938 bits per heavy atom. The maximum Gasteiger partial charge on any atom is 0.308 e. The van der Waals surface area contributed by atoms with Crippen molar-refractivity contribution in [3.8, 4) is 0 Å². The zero-order valence-corrected chi connectivity index (χ0v) is 19.8. The summed E-state index contributed by atoms with van der Waals surface area (Å²) in [6, 6.07) is 24.8. The number of aromatic nitrogens is 1. The number of benzene rings is 2. The summed E-state index contributed by atoms with van der Waals surface area (Å²) in [5.74, 6) is -0.207. The van der Waals surface area contributed by atoms with Gasteiger partial charge in [-0.1, -0.05) is 66.7 Å². The molecule has 4 nitrogen and oxygen atoms in total. The van der Waals surface area contributed by atoms with E-state index in [1.807, 2.05) is 52.1 Å². The second kappa shape index (κ2) is 10.6. The van der Waals surface area contributed by atoms with Gasteiger partial charge in [0.1, 0.15) is 5.60 Å². The highest BCUT2D eigenvalue weighted by atomic mass is 16.6. The van der Waals surface area contributed by atoms with Gasteiger partial charge < -0.3 is 4.74 Å². The van der Waals surface area contributed by atoms with E-state index in [4.69, 9.17) is 4.74 Å². The maximum atomic E-state index is 13.0. The van der Waals surface area contributed by atoms with Crippen LogP contribution in [-0.4, -0.2) is 21.5 Å². The van der Waals surface area contributed by atoms with Crippen LogP contribution < -0.4 is 0 Å². The summed E-state index contributed by atoms with van der Waals surface area (Å²) in [4.78, 5) is 19.9. The van der Waals surface area contributed by atoms with Gasteiger partial charge in [-0.3, -0.25) is 14.7 Å². The van der Waals surface area contributed by atoms with Crippen LogP contribution in [0, 0.1) is 6.92 Å². The first-order chi connectivity index (χ1) is 15.2. The van der Waals surface area contributed by atoms with Crippen LogP contribution in [0.4, 0.5) is 0 Å². The monoisotopic (exact) mass is 430 g/mol. The summed E-state index contributed by atoms with van der Waals surface area (Å²) in [6.07, 6.45) is 2.14. The summed E-state index contributed by atoms with van der Waals surface area (Å²) in [7, 11) is 0. The van der Waals surface area contributed by atoms with Crippen LogP contribution in [0.5, 0.6) is 0 Å². The zero-order chi connectivity index (χ0) is 23.1. The van der Waals surface area contributed by atoms with Crippen molar-refractivity contribution in [1.82, 2.24) is 9.88 Å². The van der Waals surface area contributed by atoms with Gasteiger partial charge in [-0.25, -0.2) is 0 Å². The zero-order valence-electron chi connectivity index (χ0n) is 19.8. The number of rotatable bonds is 8. The molecule has 0 aliphatic rings. The van der Waals surface area contributed by atoms with E-state index in [1.165, 1.54) is 11.1 Å². The van der Waals surface area contributed by atoms with Gasteiger partial charge in [-0.05, 0) is 57.4 Å². The molecule has 1 heterocycles. The fraction of sp³-hybridized carbons (Fsp3) is 0.357. The fourth-order valence-electron chi connectivity index (χ4n) is 3.88. The van der Waals surface area contributed by atoms with E-state index >= 15 is 0 Å². The SMILES string of the molecule is Cc1ccc(C(CC(=O)OC(C)(C)C)N(Cc2ccccc2)C(C)c2ccccc2)cn1. The molecule has 0 saturated carbocycles. The lowest BCUT2D eigenvalue weighted by Crippen LogP contribution is -2.34. The molecule has 0 radical (unpaired) electrons. The topological polar surface area (TPSA) is 42.4 Å². The predicted octanol–water partition coefficient (Wildman–Crippen LogP) is 6.43. The Hall–Kier alpha value is -2.98. The van der Waals surface area contributed by atoms with Crippen LogP contribution in [-0.2, 0) is 16.1 Å². The minimum absolute atomic E-state index is 0.0881. The molecule has 0 spiro atoms. The van der Waals surface area contributed by atoms with E-state index in [-0.39, 0.29) is 24.5 Å². The van der Waals surface area contributed by atoms with E-state index in [9.17, 15) is 4.79 Å². The molecule has 0 amide bonds. The molecule has 0 aliphatic heterocycles. The molecule has 0 bridgehead atoms. The normalized spacial score (nSPS) is 13.6. The number of hydrogen-bond donors (Lipinski definition) is 0. The number of pyridine rings is 1. The third-order valence-electron chi connectivity index (χ3n) is 5.49. The predicted molar refractivity (Wildman–Crippen MR) is 129 cm³/mol. The highest BCUT2D eigenvalue weighted by molar-refractivity contribution is 5.71. The minimum atomic E-state index is -0.525. The number of carbonyl (C=O) groups excluding carboxylic acids is 1. The van der Waals surface area contributed by atoms with Gasteiger partial charge >= 0.3 is 5.97 Å². The summed E-state index contributed by atoms with van der Waals surface area (Å²) in [6.45, 7) is 10.6. The number of esters is 1. The number of aryl methyl sites for hydroxylation is 1. The lowest BCUT2D eigenvalue weighted by Gasteiger charge is -2.37. The third-order valence-corrected chi connectivity index (χ3v) is 5.49. The van der Waals surface area contributed by atoms with Crippen molar-refractivity contribution < 1.29 is 9.53 Å². The van der Waals surface area contributed by atoms with Crippen molar-refractivity contribution in [2.24, 2.45) is 0 Å². The van der Waals surface area contributed by atoms with Crippen LogP contribution in [0.25, 0.3) is 0 Å². The Balaban J connectivity index is 2.02. The largest absolute Gasteiger partial charge is 0.460 e. The van der Waals surface area contributed by atoms with Gasteiger partial charge in [-0.2, -0.15) is 0 Å². The Morgan fingerprint density at radius 2 is 1.56 bits per heavy atom. The highest BCUT2D eigenvalue weighted by Crippen LogP contribution is 2.35. The van der Waals surface area contributed by atoms with Gasteiger partial charge in [0.25, 0.3) is 0 Å². The van der Waals surface area contributed by atoms with Gasteiger partial charge in [0.05, 0.1) is 6.42 Å². The highest BCUT2D eigenvalue weighted by Gasteiger charge is 2.30.